The molecule has 0 bridgehead atoms. The van der Waals surface area contributed by atoms with Gasteiger partial charge in [0.25, 0.3) is 11.8 Å². The molecule has 1 saturated heterocycles. The molecule has 0 unspecified atom stereocenters. The van der Waals surface area contributed by atoms with Crippen LogP contribution < -0.4 is 10.5 Å². The SMILES string of the molecule is CC(C)(C)OC(=O)N1CCN(C(=O)c2cccc(COc3c(F)cccc3C(N)=O)c2)CC1. The van der Waals surface area contributed by atoms with Gasteiger partial charge in [0.05, 0.1) is 5.56 Å². The topological polar surface area (TPSA) is 102 Å². The number of carbonyl (C=O) groups is 3. The van der Waals surface area contributed by atoms with Gasteiger partial charge in [0.15, 0.2) is 11.6 Å². The molecule has 0 saturated carbocycles. The van der Waals surface area contributed by atoms with E-state index in [-0.39, 0.29) is 23.8 Å². The van der Waals surface area contributed by atoms with Crippen LogP contribution in [0.3, 0.4) is 0 Å². The Hall–Kier alpha value is -3.62. The van der Waals surface area contributed by atoms with Gasteiger partial charge in [-0.3, -0.25) is 9.59 Å². The Labute approximate surface area is 192 Å². The lowest BCUT2D eigenvalue weighted by Gasteiger charge is -2.35. The minimum absolute atomic E-state index is 0.0469. The lowest BCUT2D eigenvalue weighted by atomic mass is 10.1. The molecular weight excluding hydrogens is 429 g/mol. The Morgan fingerprint density at radius 3 is 2.27 bits per heavy atom. The second-order valence-corrected chi connectivity index (χ2v) is 8.73. The van der Waals surface area contributed by atoms with Crippen molar-refractivity contribution < 1.29 is 28.2 Å². The van der Waals surface area contributed by atoms with Gasteiger partial charge in [0.2, 0.25) is 0 Å². The first-order valence-corrected chi connectivity index (χ1v) is 10.6. The zero-order valence-corrected chi connectivity index (χ0v) is 19.0. The van der Waals surface area contributed by atoms with Crippen molar-refractivity contribution in [1.29, 1.82) is 0 Å². The van der Waals surface area contributed by atoms with Gasteiger partial charge in [-0.2, -0.15) is 0 Å². The summed E-state index contributed by atoms with van der Waals surface area (Å²) in [5.41, 5.74) is 5.74. The second-order valence-electron chi connectivity index (χ2n) is 8.73. The maximum Gasteiger partial charge on any atom is 0.410 e. The zero-order chi connectivity index (χ0) is 24.2. The van der Waals surface area contributed by atoms with Crippen LogP contribution in [0.1, 0.15) is 47.1 Å². The lowest BCUT2D eigenvalue weighted by Crippen LogP contribution is -2.51. The van der Waals surface area contributed by atoms with Gasteiger partial charge in [-0.15, -0.1) is 0 Å². The number of piperazine rings is 1. The summed E-state index contributed by atoms with van der Waals surface area (Å²) in [6.45, 7) is 6.91. The normalized spacial score (nSPS) is 14.1. The summed E-state index contributed by atoms with van der Waals surface area (Å²) in [6, 6.07) is 10.7. The number of para-hydroxylation sites is 1. The highest BCUT2D eigenvalue weighted by Crippen LogP contribution is 2.24. The van der Waals surface area contributed by atoms with Crippen LogP contribution in [-0.4, -0.2) is 59.5 Å². The lowest BCUT2D eigenvalue weighted by molar-refractivity contribution is 0.0141. The number of ether oxygens (including phenoxy) is 2. The van der Waals surface area contributed by atoms with Gasteiger partial charge in [-0.25, -0.2) is 9.18 Å². The predicted octanol–water partition coefficient (Wildman–Crippen LogP) is 3.20. The Morgan fingerprint density at radius 2 is 1.64 bits per heavy atom. The molecule has 0 spiro atoms. The van der Waals surface area contributed by atoms with Crippen LogP contribution in [0, 0.1) is 5.82 Å². The standard InChI is InChI=1S/C24H28FN3O5/c1-24(2,3)33-23(31)28-12-10-27(11-13-28)22(30)17-7-4-6-16(14-17)15-32-20-18(21(26)29)8-5-9-19(20)25/h4-9,14H,10-13,15H2,1-3H3,(H2,26,29). The van der Waals surface area contributed by atoms with Crippen LogP contribution in [0.5, 0.6) is 5.75 Å². The summed E-state index contributed by atoms with van der Waals surface area (Å²) >= 11 is 0. The first-order chi connectivity index (χ1) is 15.5. The molecule has 1 heterocycles. The molecule has 3 rings (SSSR count). The Bertz CT molecular complexity index is 1040. The summed E-state index contributed by atoms with van der Waals surface area (Å²) in [7, 11) is 0. The largest absolute Gasteiger partial charge is 0.485 e. The van der Waals surface area contributed by atoms with E-state index >= 15 is 0 Å². The first-order valence-electron chi connectivity index (χ1n) is 10.6. The molecule has 2 N–H and O–H groups in total. The van der Waals surface area contributed by atoms with E-state index in [2.05, 4.69) is 0 Å². The Morgan fingerprint density at radius 1 is 1.00 bits per heavy atom. The summed E-state index contributed by atoms with van der Waals surface area (Å²) in [6.07, 6.45) is -0.391. The maximum atomic E-state index is 14.1. The number of nitrogens with two attached hydrogens (primary N) is 1. The molecule has 176 valence electrons. The van der Waals surface area contributed by atoms with E-state index in [0.29, 0.717) is 37.3 Å². The molecule has 8 nitrogen and oxygen atoms in total. The van der Waals surface area contributed by atoms with E-state index in [4.69, 9.17) is 15.2 Å². The maximum absolute atomic E-state index is 14.1. The van der Waals surface area contributed by atoms with Gasteiger partial charge in [0, 0.05) is 31.7 Å². The third-order valence-electron chi connectivity index (χ3n) is 5.01. The molecule has 0 radical (unpaired) electrons. The van der Waals surface area contributed by atoms with Crippen molar-refractivity contribution in [3.63, 3.8) is 0 Å². The summed E-state index contributed by atoms with van der Waals surface area (Å²) < 4.78 is 25.0. The smallest absolute Gasteiger partial charge is 0.410 e. The minimum atomic E-state index is -0.793. The molecule has 1 aliphatic rings. The van der Waals surface area contributed by atoms with Gasteiger partial charge in [0.1, 0.15) is 12.2 Å². The van der Waals surface area contributed by atoms with E-state index < -0.39 is 23.4 Å². The Kier molecular flexibility index (Phi) is 7.20. The van der Waals surface area contributed by atoms with E-state index in [1.54, 1.807) is 34.1 Å². The van der Waals surface area contributed by atoms with Crippen LogP contribution in [-0.2, 0) is 11.3 Å². The highest BCUT2D eigenvalue weighted by molar-refractivity contribution is 5.96. The first kappa shape index (κ1) is 24.0. The molecule has 0 aliphatic carbocycles. The fraction of sp³-hybridized carbons (Fsp3) is 0.375. The number of nitrogens with zero attached hydrogens (tertiary/aromatic N) is 2. The number of amides is 3. The average molecular weight is 458 g/mol. The quantitative estimate of drug-likeness (QED) is 0.743. The van der Waals surface area contributed by atoms with E-state index in [1.165, 1.54) is 18.2 Å². The monoisotopic (exact) mass is 457 g/mol. The summed E-state index contributed by atoms with van der Waals surface area (Å²) in [4.78, 5) is 40.0. The number of hydrogen-bond donors (Lipinski definition) is 1. The number of hydrogen-bond acceptors (Lipinski definition) is 5. The number of carbonyl (C=O) groups excluding carboxylic acids is 3. The average Bonchev–Trinajstić information content (AvgIpc) is 2.76. The molecule has 33 heavy (non-hydrogen) atoms. The van der Waals surface area contributed by atoms with Crippen LogP contribution >= 0.6 is 0 Å². The summed E-state index contributed by atoms with van der Waals surface area (Å²) in [5.74, 6) is -1.88. The van der Waals surface area contributed by atoms with Gasteiger partial charge >= 0.3 is 6.09 Å². The highest BCUT2D eigenvalue weighted by atomic mass is 19.1. The molecular formula is C24H28FN3O5. The van der Waals surface area contributed by atoms with Crippen molar-refractivity contribution in [1.82, 2.24) is 9.80 Å². The van der Waals surface area contributed by atoms with Crippen molar-refractivity contribution in [3.05, 3.63) is 65.0 Å². The summed E-state index contributed by atoms with van der Waals surface area (Å²) in [5, 5.41) is 0. The second kappa shape index (κ2) is 9.89. The fourth-order valence-corrected chi connectivity index (χ4v) is 3.40. The predicted molar refractivity (Wildman–Crippen MR) is 119 cm³/mol. The van der Waals surface area contributed by atoms with Gasteiger partial charge in [-0.05, 0) is 50.6 Å². The van der Waals surface area contributed by atoms with Crippen molar-refractivity contribution in [2.24, 2.45) is 5.73 Å². The molecule has 2 aromatic carbocycles. The van der Waals surface area contributed by atoms with Crippen molar-refractivity contribution in [3.8, 4) is 5.75 Å². The fourth-order valence-electron chi connectivity index (χ4n) is 3.40. The van der Waals surface area contributed by atoms with Crippen LogP contribution in [0.15, 0.2) is 42.5 Å². The highest BCUT2D eigenvalue weighted by Gasteiger charge is 2.28. The number of rotatable bonds is 5. The minimum Gasteiger partial charge on any atom is -0.485 e. The van der Waals surface area contributed by atoms with Gasteiger partial charge in [-0.1, -0.05) is 18.2 Å². The third kappa shape index (κ3) is 6.21. The number of primary amides is 1. The molecule has 1 fully saturated rings. The number of benzene rings is 2. The van der Waals surface area contributed by atoms with Gasteiger partial charge < -0.3 is 25.0 Å². The van der Waals surface area contributed by atoms with E-state index in [1.807, 2.05) is 20.8 Å². The van der Waals surface area contributed by atoms with Crippen LogP contribution in [0.4, 0.5) is 9.18 Å². The molecule has 2 aromatic rings. The molecule has 1 aliphatic heterocycles. The van der Waals surface area contributed by atoms with Crippen LogP contribution in [0.25, 0.3) is 0 Å². The van der Waals surface area contributed by atoms with Crippen LogP contribution in [0.2, 0.25) is 0 Å². The van der Waals surface area contributed by atoms with Crippen molar-refractivity contribution in [2.75, 3.05) is 26.2 Å². The Balaban J connectivity index is 1.62. The molecule has 0 aromatic heterocycles. The molecule has 9 heteroatoms. The van der Waals surface area contributed by atoms with E-state index in [9.17, 15) is 18.8 Å². The van der Waals surface area contributed by atoms with Crippen molar-refractivity contribution >= 4 is 17.9 Å². The van der Waals surface area contributed by atoms with E-state index in [0.717, 1.165) is 0 Å². The molecule has 3 amide bonds. The third-order valence-corrected chi connectivity index (χ3v) is 5.01. The molecule has 0 atom stereocenters. The van der Waals surface area contributed by atoms with Crippen molar-refractivity contribution in [2.45, 2.75) is 33.0 Å². The zero-order valence-electron chi connectivity index (χ0n) is 19.0. The number of halogens is 1.